The second kappa shape index (κ2) is 6.52. The first kappa shape index (κ1) is 16.9. The average Bonchev–Trinajstić information content (AvgIpc) is 3.03. The van der Waals surface area contributed by atoms with Gasteiger partial charge in [-0.3, -0.25) is 4.72 Å². The molecule has 0 saturated heterocycles. The van der Waals surface area contributed by atoms with Crippen LogP contribution < -0.4 is 18.9 Å². The molecule has 25 heavy (non-hydrogen) atoms. The van der Waals surface area contributed by atoms with Crippen LogP contribution in [0.3, 0.4) is 0 Å². The fraction of sp³-hybridized carbons (Fsp3) is 0.188. The Morgan fingerprint density at radius 3 is 2.08 bits per heavy atom. The van der Waals surface area contributed by atoms with Crippen LogP contribution in [0.15, 0.2) is 45.8 Å². The van der Waals surface area contributed by atoms with E-state index >= 15 is 0 Å². The number of nitrogens with one attached hydrogen (secondary N) is 1. The number of nitrogens with zero attached hydrogens (tertiary/aromatic N) is 1. The van der Waals surface area contributed by atoms with Crippen molar-refractivity contribution in [3.05, 3.63) is 36.4 Å². The second-order valence-electron chi connectivity index (χ2n) is 4.96. The summed E-state index contributed by atoms with van der Waals surface area (Å²) in [6, 6.07) is 9.74. The van der Waals surface area contributed by atoms with Crippen molar-refractivity contribution in [3.8, 4) is 17.2 Å². The van der Waals surface area contributed by atoms with Crippen molar-refractivity contribution in [1.29, 1.82) is 0 Å². The molecule has 1 heterocycles. The predicted molar refractivity (Wildman–Crippen MR) is 90.9 cm³/mol. The molecular formula is C16H16N2O6S. The maximum absolute atomic E-state index is 12.9. The molecular weight excluding hydrogens is 348 g/mol. The number of benzene rings is 2. The fourth-order valence-electron chi connectivity index (χ4n) is 2.46. The van der Waals surface area contributed by atoms with Crippen LogP contribution in [0, 0.1) is 0 Å². The minimum atomic E-state index is -4.06. The highest BCUT2D eigenvalue weighted by atomic mass is 32.2. The molecule has 0 radical (unpaired) electrons. The van der Waals surface area contributed by atoms with Crippen molar-refractivity contribution in [3.63, 3.8) is 0 Å². The van der Waals surface area contributed by atoms with Crippen LogP contribution in [-0.2, 0) is 10.0 Å². The highest BCUT2D eigenvalue weighted by molar-refractivity contribution is 7.93. The normalized spacial score (nSPS) is 11.3. The summed E-state index contributed by atoms with van der Waals surface area (Å²) >= 11 is 0. The molecule has 3 aromatic rings. The standard InChI is InChI=1S/C16H16N2O6S/c1-21-10-6-4-7-11-14(10)16(17-24-11)18-25(19,20)15-12(22-2)8-5-9-13(15)23-3/h4-9H,1-3H3,(H,17,18). The van der Waals surface area contributed by atoms with Gasteiger partial charge in [0.25, 0.3) is 10.0 Å². The number of sulfonamides is 1. The van der Waals surface area contributed by atoms with Crippen LogP contribution in [0.5, 0.6) is 17.2 Å². The Balaban J connectivity index is 2.13. The molecule has 132 valence electrons. The summed E-state index contributed by atoms with van der Waals surface area (Å²) in [5.41, 5.74) is 0.393. The topological polar surface area (TPSA) is 99.9 Å². The molecule has 0 spiro atoms. The van der Waals surface area contributed by atoms with Crippen LogP contribution in [0.1, 0.15) is 0 Å². The van der Waals surface area contributed by atoms with Crippen LogP contribution in [-0.4, -0.2) is 34.9 Å². The first-order chi connectivity index (χ1) is 12.0. The molecule has 0 aliphatic carbocycles. The molecule has 1 aromatic heterocycles. The highest BCUT2D eigenvalue weighted by Gasteiger charge is 2.27. The van der Waals surface area contributed by atoms with E-state index in [1.54, 1.807) is 24.3 Å². The van der Waals surface area contributed by atoms with E-state index in [0.29, 0.717) is 16.7 Å². The van der Waals surface area contributed by atoms with E-state index < -0.39 is 10.0 Å². The van der Waals surface area contributed by atoms with E-state index in [0.717, 1.165) is 0 Å². The maximum atomic E-state index is 12.9. The monoisotopic (exact) mass is 364 g/mol. The van der Waals surface area contributed by atoms with E-state index in [4.69, 9.17) is 18.7 Å². The molecule has 1 N–H and O–H groups in total. The lowest BCUT2D eigenvalue weighted by atomic mass is 10.2. The van der Waals surface area contributed by atoms with Gasteiger partial charge in [-0.2, -0.15) is 0 Å². The predicted octanol–water partition coefficient (Wildman–Crippen LogP) is 2.65. The molecule has 0 aliphatic heterocycles. The van der Waals surface area contributed by atoms with Crippen molar-refractivity contribution in [2.24, 2.45) is 0 Å². The zero-order valence-electron chi connectivity index (χ0n) is 13.8. The van der Waals surface area contributed by atoms with Gasteiger partial charge in [0, 0.05) is 0 Å². The molecule has 0 amide bonds. The van der Waals surface area contributed by atoms with E-state index in [2.05, 4.69) is 9.88 Å². The lowest BCUT2D eigenvalue weighted by molar-refractivity contribution is 0.373. The Morgan fingerprint density at radius 1 is 0.920 bits per heavy atom. The number of methoxy groups -OCH3 is 3. The Labute approximate surface area is 144 Å². The third-order valence-corrected chi connectivity index (χ3v) is 4.96. The molecule has 9 heteroatoms. The minimum absolute atomic E-state index is 0.0143. The zero-order chi connectivity index (χ0) is 18.0. The summed E-state index contributed by atoms with van der Waals surface area (Å²) in [6.07, 6.45) is 0. The highest BCUT2D eigenvalue weighted by Crippen LogP contribution is 2.37. The summed E-state index contributed by atoms with van der Waals surface area (Å²) in [4.78, 5) is -0.133. The van der Waals surface area contributed by atoms with Crippen LogP contribution in [0.25, 0.3) is 11.0 Å². The van der Waals surface area contributed by atoms with Crippen LogP contribution >= 0.6 is 0 Å². The number of anilines is 1. The summed E-state index contributed by atoms with van der Waals surface area (Å²) in [5.74, 6) is 0.738. The Kier molecular flexibility index (Phi) is 4.41. The summed E-state index contributed by atoms with van der Waals surface area (Å²) in [7, 11) is 0.167. The molecule has 0 bridgehead atoms. The van der Waals surface area contributed by atoms with Crippen molar-refractivity contribution < 1.29 is 27.2 Å². The van der Waals surface area contributed by atoms with Gasteiger partial charge in [0.05, 0.1) is 21.3 Å². The largest absolute Gasteiger partial charge is 0.496 e. The summed E-state index contributed by atoms with van der Waals surface area (Å²) in [6.45, 7) is 0. The molecule has 8 nitrogen and oxygen atoms in total. The summed E-state index contributed by atoms with van der Waals surface area (Å²) in [5, 5.41) is 4.22. The lowest BCUT2D eigenvalue weighted by Gasteiger charge is -2.13. The molecule has 3 rings (SSSR count). The van der Waals surface area contributed by atoms with Crippen LogP contribution in [0.4, 0.5) is 5.82 Å². The number of aromatic nitrogens is 1. The smallest absolute Gasteiger partial charge is 0.270 e. The van der Waals surface area contributed by atoms with Crippen molar-refractivity contribution >= 4 is 26.8 Å². The Morgan fingerprint density at radius 2 is 1.48 bits per heavy atom. The van der Waals surface area contributed by atoms with Gasteiger partial charge in [-0.05, 0) is 24.3 Å². The minimum Gasteiger partial charge on any atom is -0.496 e. The Bertz CT molecular complexity index is 990. The SMILES string of the molecule is COc1cccc(OC)c1S(=O)(=O)Nc1noc2cccc(OC)c12. The van der Waals surface area contributed by atoms with Gasteiger partial charge in [-0.1, -0.05) is 17.3 Å². The lowest BCUT2D eigenvalue weighted by Crippen LogP contribution is -2.15. The quantitative estimate of drug-likeness (QED) is 0.718. The molecule has 0 fully saturated rings. The molecule has 0 saturated carbocycles. The number of rotatable bonds is 6. The van der Waals surface area contributed by atoms with E-state index in [1.807, 2.05) is 0 Å². The molecule has 0 unspecified atom stereocenters. The number of ether oxygens (including phenoxy) is 3. The first-order valence-electron chi connectivity index (χ1n) is 7.18. The van der Waals surface area contributed by atoms with Gasteiger partial charge in [0.15, 0.2) is 16.3 Å². The van der Waals surface area contributed by atoms with E-state index in [9.17, 15) is 8.42 Å². The van der Waals surface area contributed by atoms with Gasteiger partial charge < -0.3 is 18.7 Å². The first-order valence-corrected chi connectivity index (χ1v) is 8.66. The third kappa shape index (κ3) is 2.93. The molecule has 2 aromatic carbocycles. The Hall–Kier alpha value is -2.94. The number of hydrogen-bond acceptors (Lipinski definition) is 7. The summed E-state index contributed by atoms with van der Waals surface area (Å²) < 4.78 is 49.0. The van der Waals surface area contributed by atoms with Gasteiger partial charge in [0.2, 0.25) is 0 Å². The number of fused-ring (bicyclic) bond motifs is 1. The van der Waals surface area contributed by atoms with Gasteiger partial charge in [0.1, 0.15) is 22.6 Å². The average molecular weight is 364 g/mol. The molecule has 0 atom stereocenters. The van der Waals surface area contributed by atoms with E-state index in [1.165, 1.54) is 33.5 Å². The maximum Gasteiger partial charge on any atom is 0.270 e. The van der Waals surface area contributed by atoms with Crippen molar-refractivity contribution in [2.75, 3.05) is 26.1 Å². The third-order valence-electron chi connectivity index (χ3n) is 3.56. The fourth-order valence-corrected chi connectivity index (χ4v) is 3.79. The van der Waals surface area contributed by atoms with Gasteiger partial charge in [-0.25, -0.2) is 8.42 Å². The van der Waals surface area contributed by atoms with Crippen LogP contribution in [0.2, 0.25) is 0 Å². The second-order valence-corrected chi connectivity index (χ2v) is 6.58. The van der Waals surface area contributed by atoms with Crippen molar-refractivity contribution in [1.82, 2.24) is 5.16 Å². The van der Waals surface area contributed by atoms with E-state index in [-0.39, 0.29) is 22.2 Å². The van der Waals surface area contributed by atoms with Gasteiger partial charge in [-0.15, -0.1) is 0 Å². The number of hydrogen-bond donors (Lipinski definition) is 1. The van der Waals surface area contributed by atoms with Gasteiger partial charge >= 0.3 is 0 Å². The zero-order valence-corrected chi connectivity index (χ0v) is 14.6. The molecule has 0 aliphatic rings. The van der Waals surface area contributed by atoms with Crippen molar-refractivity contribution in [2.45, 2.75) is 4.90 Å².